The predicted octanol–water partition coefficient (Wildman–Crippen LogP) is 0.802. The van der Waals surface area contributed by atoms with Crippen molar-refractivity contribution in [1.29, 1.82) is 0 Å². The van der Waals surface area contributed by atoms with Crippen LogP contribution in [0.1, 0.15) is 11.3 Å². The molecule has 4 N–H and O–H groups in total. The number of hydrogen-bond acceptors (Lipinski definition) is 5. The molecule has 0 radical (unpaired) electrons. The fraction of sp³-hybridized carbons (Fsp3) is 0.333. The van der Waals surface area contributed by atoms with E-state index in [-0.39, 0.29) is 13.1 Å². The largest absolute Gasteiger partial charge is 0.394 e. The molecule has 0 saturated carbocycles. The van der Waals surface area contributed by atoms with E-state index in [2.05, 4.69) is 15.8 Å². The minimum atomic E-state index is -0.968. The van der Waals surface area contributed by atoms with Gasteiger partial charge in [0.1, 0.15) is 5.69 Å². The van der Waals surface area contributed by atoms with Crippen LogP contribution in [0.5, 0.6) is 0 Å². The fourth-order valence-corrected chi connectivity index (χ4v) is 1.76. The number of aryl methyl sites for hydroxylation is 1. The molecule has 1 atom stereocenters. The molecule has 7 nitrogen and oxygen atoms in total. The van der Waals surface area contributed by atoms with E-state index in [0.717, 1.165) is 11.1 Å². The predicted molar refractivity (Wildman–Crippen MR) is 80.0 cm³/mol. The fourth-order valence-electron chi connectivity index (χ4n) is 1.76. The van der Waals surface area contributed by atoms with Crippen LogP contribution in [0.15, 0.2) is 34.9 Å². The summed E-state index contributed by atoms with van der Waals surface area (Å²) in [6.07, 6.45) is -0.968. The number of carbonyl (C=O) groups excluding carboxylic acids is 1. The van der Waals surface area contributed by atoms with Gasteiger partial charge in [-0.05, 0) is 6.92 Å². The first-order chi connectivity index (χ1) is 10.6. The molecular formula is C15H19N3O4. The lowest BCUT2D eigenvalue weighted by atomic mass is 10.1. The normalized spacial score (nSPS) is 12.0. The van der Waals surface area contributed by atoms with Gasteiger partial charge in [-0.15, -0.1) is 0 Å². The Morgan fingerprint density at radius 1 is 1.32 bits per heavy atom. The monoisotopic (exact) mass is 305 g/mol. The van der Waals surface area contributed by atoms with E-state index < -0.39 is 18.7 Å². The maximum Gasteiger partial charge on any atom is 0.315 e. The van der Waals surface area contributed by atoms with Crippen LogP contribution < -0.4 is 10.6 Å². The van der Waals surface area contributed by atoms with Crippen LogP contribution >= 0.6 is 0 Å². The SMILES string of the molecule is Cc1ccc(-c2cc(CNC(=O)NCC(O)CO)on2)cc1. The maximum absolute atomic E-state index is 11.5. The van der Waals surface area contributed by atoms with Crippen molar-refractivity contribution in [2.75, 3.05) is 13.2 Å². The van der Waals surface area contributed by atoms with E-state index in [1.807, 2.05) is 31.2 Å². The zero-order valence-electron chi connectivity index (χ0n) is 12.2. The third-order valence-corrected chi connectivity index (χ3v) is 3.04. The number of carbonyl (C=O) groups is 1. The van der Waals surface area contributed by atoms with Gasteiger partial charge in [-0.1, -0.05) is 35.0 Å². The summed E-state index contributed by atoms with van der Waals surface area (Å²) in [4.78, 5) is 11.5. The van der Waals surface area contributed by atoms with E-state index in [1.54, 1.807) is 6.07 Å². The van der Waals surface area contributed by atoms with Crippen molar-refractivity contribution in [1.82, 2.24) is 15.8 Å². The topological polar surface area (TPSA) is 108 Å². The van der Waals surface area contributed by atoms with Crippen molar-refractivity contribution < 1.29 is 19.5 Å². The number of aliphatic hydroxyl groups excluding tert-OH is 2. The van der Waals surface area contributed by atoms with Crippen LogP contribution in [0.2, 0.25) is 0 Å². The quantitative estimate of drug-likeness (QED) is 0.631. The highest BCUT2D eigenvalue weighted by atomic mass is 16.5. The smallest absolute Gasteiger partial charge is 0.315 e. The first-order valence-corrected chi connectivity index (χ1v) is 6.91. The molecule has 118 valence electrons. The highest BCUT2D eigenvalue weighted by Gasteiger charge is 2.09. The second-order valence-corrected chi connectivity index (χ2v) is 4.94. The van der Waals surface area contributed by atoms with Crippen molar-refractivity contribution in [2.24, 2.45) is 0 Å². The zero-order chi connectivity index (χ0) is 15.9. The van der Waals surface area contributed by atoms with Gasteiger partial charge in [-0.2, -0.15) is 0 Å². The molecule has 0 aliphatic rings. The van der Waals surface area contributed by atoms with Crippen LogP contribution in [0.4, 0.5) is 4.79 Å². The Bertz CT molecular complexity index is 610. The summed E-state index contributed by atoms with van der Waals surface area (Å²) < 4.78 is 5.16. The van der Waals surface area contributed by atoms with Gasteiger partial charge in [-0.3, -0.25) is 0 Å². The summed E-state index contributed by atoms with van der Waals surface area (Å²) in [5.41, 5.74) is 2.81. The molecule has 0 aliphatic heterocycles. The van der Waals surface area contributed by atoms with E-state index in [4.69, 9.17) is 14.7 Å². The van der Waals surface area contributed by atoms with Crippen LogP contribution in [0.3, 0.4) is 0 Å². The van der Waals surface area contributed by atoms with Crippen LogP contribution in [0, 0.1) is 6.92 Å². The zero-order valence-corrected chi connectivity index (χ0v) is 12.2. The first kappa shape index (κ1) is 16.0. The summed E-state index contributed by atoms with van der Waals surface area (Å²) >= 11 is 0. The van der Waals surface area contributed by atoms with Crippen molar-refractivity contribution in [3.05, 3.63) is 41.7 Å². The van der Waals surface area contributed by atoms with Gasteiger partial charge in [0.15, 0.2) is 5.76 Å². The van der Waals surface area contributed by atoms with Gasteiger partial charge >= 0.3 is 6.03 Å². The molecule has 0 fully saturated rings. The van der Waals surface area contributed by atoms with Gasteiger partial charge in [0, 0.05) is 18.2 Å². The van der Waals surface area contributed by atoms with Gasteiger partial charge in [-0.25, -0.2) is 4.79 Å². The van der Waals surface area contributed by atoms with E-state index in [1.165, 1.54) is 0 Å². The second kappa shape index (κ2) is 7.58. The highest BCUT2D eigenvalue weighted by molar-refractivity contribution is 5.73. The summed E-state index contributed by atoms with van der Waals surface area (Å²) in [5, 5.41) is 26.7. The van der Waals surface area contributed by atoms with Crippen molar-refractivity contribution >= 4 is 6.03 Å². The Morgan fingerprint density at radius 2 is 2.05 bits per heavy atom. The number of benzene rings is 1. The molecule has 1 aromatic carbocycles. The van der Waals surface area contributed by atoms with Gasteiger partial charge < -0.3 is 25.4 Å². The molecule has 2 rings (SSSR count). The van der Waals surface area contributed by atoms with E-state index >= 15 is 0 Å². The molecule has 0 saturated heterocycles. The molecule has 1 heterocycles. The maximum atomic E-state index is 11.5. The lowest BCUT2D eigenvalue weighted by Crippen LogP contribution is -2.40. The number of nitrogens with zero attached hydrogens (tertiary/aromatic N) is 1. The first-order valence-electron chi connectivity index (χ1n) is 6.91. The molecule has 2 amide bonds. The number of aliphatic hydroxyl groups is 2. The van der Waals surface area contributed by atoms with E-state index in [0.29, 0.717) is 11.5 Å². The number of nitrogens with one attached hydrogen (secondary N) is 2. The molecular weight excluding hydrogens is 286 g/mol. The Balaban J connectivity index is 1.84. The molecule has 0 bridgehead atoms. The Hall–Kier alpha value is -2.38. The highest BCUT2D eigenvalue weighted by Crippen LogP contribution is 2.19. The standard InChI is InChI=1S/C15H19N3O4/c1-10-2-4-11(5-3-10)14-6-13(22-18-14)8-17-15(21)16-7-12(20)9-19/h2-6,12,19-20H,7-9H2,1H3,(H2,16,17,21). The summed E-state index contributed by atoms with van der Waals surface area (Å²) in [6, 6.07) is 9.18. The van der Waals surface area contributed by atoms with Crippen LogP contribution in [-0.2, 0) is 6.54 Å². The third-order valence-electron chi connectivity index (χ3n) is 3.04. The average molecular weight is 305 g/mol. The molecule has 7 heteroatoms. The molecule has 22 heavy (non-hydrogen) atoms. The van der Waals surface area contributed by atoms with Crippen molar-refractivity contribution in [3.8, 4) is 11.3 Å². The Labute approximate surface area is 127 Å². The minimum Gasteiger partial charge on any atom is -0.394 e. The molecule has 0 aliphatic carbocycles. The summed E-state index contributed by atoms with van der Waals surface area (Å²) in [6.45, 7) is 1.77. The number of aromatic nitrogens is 1. The minimum absolute atomic E-state index is 0.0205. The number of amides is 2. The lowest BCUT2D eigenvalue weighted by molar-refractivity contribution is 0.0959. The van der Waals surface area contributed by atoms with Crippen molar-refractivity contribution in [2.45, 2.75) is 19.6 Å². The molecule has 2 aromatic rings. The summed E-state index contributed by atoms with van der Waals surface area (Å²) in [7, 11) is 0. The number of rotatable bonds is 6. The number of hydrogen-bond donors (Lipinski definition) is 4. The van der Waals surface area contributed by atoms with Crippen LogP contribution in [-0.4, -0.2) is 40.7 Å². The number of urea groups is 1. The Morgan fingerprint density at radius 3 is 2.73 bits per heavy atom. The third kappa shape index (κ3) is 4.57. The van der Waals surface area contributed by atoms with Gasteiger partial charge in [0.25, 0.3) is 0 Å². The lowest BCUT2D eigenvalue weighted by Gasteiger charge is -2.09. The second-order valence-electron chi connectivity index (χ2n) is 4.94. The molecule has 1 unspecified atom stereocenters. The molecule has 0 spiro atoms. The van der Waals surface area contributed by atoms with Gasteiger partial charge in [0.2, 0.25) is 0 Å². The van der Waals surface area contributed by atoms with Crippen molar-refractivity contribution in [3.63, 3.8) is 0 Å². The summed E-state index contributed by atoms with van der Waals surface area (Å²) in [5.74, 6) is 0.522. The van der Waals surface area contributed by atoms with E-state index in [9.17, 15) is 4.79 Å². The molecule has 1 aromatic heterocycles. The average Bonchev–Trinajstić information content (AvgIpc) is 3.00. The van der Waals surface area contributed by atoms with Crippen LogP contribution in [0.25, 0.3) is 11.3 Å². The van der Waals surface area contributed by atoms with Gasteiger partial charge in [0.05, 0.1) is 19.3 Å². The Kier molecular flexibility index (Phi) is 5.51.